The zero-order chi connectivity index (χ0) is 13.0. The van der Waals surface area contributed by atoms with Gasteiger partial charge in [0.1, 0.15) is 0 Å². The summed E-state index contributed by atoms with van der Waals surface area (Å²) in [7, 11) is 0. The van der Waals surface area contributed by atoms with Crippen molar-refractivity contribution < 1.29 is 4.79 Å². The van der Waals surface area contributed by atoms with Gasteiger partial charge in [-0.15, -0.1) is 0 Å². The van der Waals surface area contributed by atoms with E-state index in [0.29, 0.717) is 12.5 Å². The maximum absolute atomic E-state index is 11.1. The van der Waals surface area contributed by atoms with Crippen LogP contribution in [0.1, 0.15) is 38.1 Å². The van der Waals surface area contributed by atoms with Crippen molar-refractivity contribution in [2.75, 3.05) is 6.54 Å². The number of rotatable bonds is 6. The molecule has 0 bridgehead atoms. The van der Waals surface area contributed by atoms with Crippen molar-refractivity contribution in [1.82, 2.24) is 20.4 Å². The molecule has 0 aliphatic carbocycles. The maximum atomic E-state index is 11.1. The molecule has 0 saturated carbocycles. The first kappa shape index (κ1) is 13.1. The van der Waals surface area contributed by atoms with Crippen LogP contribution in [0.25, 0.3) is 0 Å². The fourth-order valence-corrected chi connectivity index (χ4v) is 2.31. The minimum Gasteiger partial charge on any atom is -0.352 e. The maximum Gasteiger partial charge on any atom is 0.220 e. The highest BCUT2D eigenvalue weighted by atomic mass is 16.1. The summed E-state index contributed by atoms with van der Waals surface area (Å²) in [5.74, 6) is 0.175. The van der Waals surface area contributed by atoms with E-state index in [2.05, 4.69) is 35.6 Å². The van der Waals surface area contributed by atoms with Crippen LogP contribution in [-0.4, -0.2) is 28.3 Å². The van der Waals surface area contributed by atoms with E-state index in [0.717, 1.165) is 38.2 Å². The second kappa shape index (κ2) is 6.00. The number of hydrogen-bond donors (Lipinski definition) is 2. The SMILES string of the molecule is CCc1cc(CNCC2CCC(=O)N2)n(CC)n1. The van der Waals surface area contributed by atoms with Gasteiger partial charge in [-0.3, -0.25) is 9.48 Å². The molecule has 1 aromatic heterocycles. The largest absolute Gasteiger partial charge is 0.352 e. The predicted molar refractivity (Wildman–Crippen MR) is 70.2 cm³/mol. The molecule has 1 atom stereocenters. The number of amides is 1. The third kappa shape index (κ3) is 3.10. The summed E-state index contributed by atoms with van der Waals surface area (Å²) >= 11 is 0. The molecule has 100 valence electrons. The summed E-state index contributed by atoms with van der Waals surface area (Å²) in [6.45, 7) is 6.77. The van der Waals surface area contributed by atoms with E-state index in [1.807, 2.05) is 4.68 Å². The van der Waals surface area contributed by atoms with Gasteiger partial charge in [-0.1, -0.05) is 6.92 Å². The van der Waals surface area contributed by atoms with Crippen LogP contribution in [0.2, 0.25) is 0 Å². The second-order valence-corrected chi connectivity index (χ2v) is 4.73. The summed E-state index contributed by atoms with van der Waals surface area (Å²) in [5.41, 5.74) is 2.36. The van der Waals surface area contributed by atoms with Gasteiger partial charge < -0.3 is 10.6 Å². The number of carbonyl (C=O) groups is 1. The van der Waals surface area contributed by atoms with Crippen LogP contribution in [0.15, 0.2) is 6.07 Å². The standard InChI is InChI=1S/C13H22N4O/c1-3-10-7-12(17(4-2)16-10)9-14-8-11-5-6-13(18)15-11/h7,11,14H,3-6,8-9H2,1-2H3,(H,15,18). The van der Waals surface area contributed by atoms with Crippen LogP contribution in [-0.2, 0) is 24.3 Å². The Kier molecular flexibility index (Phi) is 4.36. The Morgan fingerprint density at radius 1 is 1.56 bits per heavy atom. The third-order valence-corrected chi connectivity index (χ3v) is 3.36. The lowest BCUT2D eigenvalue weighted by molar-refractivity contribution is -0.119. The first-order valence-electron chi connectivity index (χ1n) is 6.78. The number of hydrogen-bond acceptors (Lipinski definition) is 3. The fraction of sp³-hybridized carbons (Fsp3) is 0.692. The topological polar surface area (TPSA) is 59.0 Å². The van der Waals surface area contributed by atoms with Crippen LogP contribution in [0, 0.1) is 0 Å². The molecule has 0 spiro atoms. The van der Waals surface area contributed by atoms with Crippen molar-refractivity contribution in [3.05, 3.63) is 17.5 Å². The molecule has 2 rings (SSSR count). The van der Waals surface area contributed by atoms with E-state index < -0.39 is 0 Å². The van der Waals surface area contributed by atoms with Crippen molar-refractivity contribution in [3.63, 3.8) is 0 Å². The van der Waals surface area contributed by atoms with Gasteiger partial charge in [0.15, 0.2) is 0 Å². The van der Waals surface area contributed by atoms with Gasteiger partial charge in [-0.2, -0.15) is 5.10 Å². The molecule has 1 aliphatic heterocycles. The minimum atomic E-state index is 0.175. The van der Waals surface area contributed by atoms with Crippen LogP contribution in [0.4, 0.5) is 0 Å². The highest BCUT2D eigenvalue weighted by molar-refractivity contribution is 5.78. The number of aryl methyl sites for hydroxylation is 2. The van der Waals surface area contributed by atoms with Crippen LogP contribution in [0.3, 0.4) is 0 Å². The smallest absolute Gasteiger partial charge is 0.220 e. The summed E-state index contributed by atoms with van der Waals surface area (Å²) in [6.07, 6.45) is 2.58. The normalized spacial score (nSPS) is 19.2. The number of aromatic nitrogens is 2. The van der Waals surface area contributed by atoms with Crippen molar-refractivity contribution in [3.8, 4) is 0 Å². The van der Waals surface area contributed by atoms with Crippen LogP contribution in [0.5, 0.6) is 0 Å². The van der Waals surface area contributed by atoms with Gasteiger partial charge in [0.2, 0.25) is 5.91 Å². The number of nitrogens with zero attached hydrogens (tertiary/aromatic N) is 2. The average Bonchev–Trinajstić information content (AvgIpc) is 2.95. The van der Waals surface area contributed by atoms with Gasteiger partial charge in [-0.25, -0.2) is 0 Å². The number of nitrogens with one attached hydrogen (secondary N) is 2. The monoisotopic (exact) mass is 250 g/mol. The van der Waals surface area contributed by atoms with E-state index in [1.54, 1.807) is 0 Å². The molecule has 1 fully saturated rings. The molecule has 0 radical (unpaired) electrons. The van der Waals surface area contributed by atoms with Gasteiger partial charge >= 0.3 is 0 Å². The zero-order valence-electron chi connectivity index (χ0n) is 11.2. The highest BCUT2D eigenvalue weighted by Gasteiger charge is 2.19. The molecule has 1 saturated heterocycles. The van der Waals surface area contributed by atoms with Gasteiger partial charge in [-0.05, 0) is 25.8 Å². The average molecular weight is 250 g/mol. The van der Waals surface area contributed by atoms with Crippen LogP contribution < -0.4 is 10.6 Å². The lowest BCUT2D eigenvalue weighted by Gasteiger charge is -2.11. The Morgan fingerprint density at radius 3 is 3.00 bits per heavy atom. The van der Waals surface area contributed by atoms with E-state index in [4.69, 9.17) is 0 Å². The molecule has 0 aromatic carbocycles. The minimum absolute atomic E-state index is 0.175. The Morgan fingerprint density at radius 2 is 2.39 bits per heavy atom. The summed E-state index contributed by atoms with van der Waals surface area (Å²) in [5, 5.41) is 10.9. The molecule has 1 aliphatic rings. The Balaban J connectivity index is 1.82. The van der Waals surface area contributed by atoms with Crippen molar-refractivity contribution in [2.45, 2.75) is 52.2 Å². The molecule has 2 heterocycles. The van der Waals surface area contributed by atoms with E-state index in [9.17, 15) is 4.79 Å². The van der Waals surface area contributed by atoms with E-state index >= 15 is 0 Å². The number of carbonyl (C=O) groups excluding carboxylic acids is 1. The predicted octanol–water partition coefficient (Wildman–Crippen LogP) is 0.834. The molecule has 18 heavy (non-hydrogen) atoms. The lowest BCUT2D eigenvalue weighted by atomic mass is 10.2. The Bertz CT molecular complexity index is 413. The van der Waals surface area contributed by atoms with Crippen molar-refractivity contribution in [2.24, 2.45) is 0 Å². The molecular weight excluding hydrogens is 228 g/mol. The van der Waals surface area contributed by atoms with E-state index in [1.165, 1.54) is 5.69 Å². The molecule has 1 amide bonds. The van der Waals surface area contributed by atoms with Gasteiger partial charge in [0.25, 0.3) is 0 Å². The lowest BCUT2D eigenvalue weighted by Crippen LogP contribution is -2.35. The summed E-state index contributed by atoms with van der Waals surface area (Å²) in [6, 6.07) is 2.45. The van der Waals surface area contributed by atoms with Gasteiger partial charge in [0.05, 0.1) is 11.4 Å². The molecule has 1 unspecified atom stereocenters. The first-order chi connectivity index (χ1) is 8.72. The van der Waals surface area contributed by atoms with Crippen molar-refractivity contribution >= 4 is 5.91 Å². The fourth-order valence-electron chi connectivity index (χ4n) is 2.31. The molecular formula is C13H22N4O. The zero-order valence-corrected chi connectivity index (χ0v) is 11.2. The molecule has 2 N–H and O–H groups in total. The third-order valence-electron chi connectivity index (χ3n) is 3.36. The Hall–Kier alpha value is -1.36. The second-order valence-electron chi connectivity index (χ2n) is 4.73. The molecule has 5 heteroatoms. The highest BCUT2D eigenvalue weighted by Crippen LogP contribution is 2.07. The quantitative estimate of drug-likeness (QED) is 0.786. The summed E-state index contributed by atoms with van der Waals surface area (Å²) < 4.78 is 2.04. The van der Waals surface area contributed by atoms with Crippen molar-refractivity contribution in [1.29, 1.82) is 0 Å². The van der Waals surface area contributed by atoms with Gasteiger partial charge in [0, 0.05) is 32.1 Å². The first-order valence-corrected chi connectivity index (χ1v) is 6.78. The van der Waals surface area contributed by atoms with E-state index in [-0.39, 0.29) is 5.91 Å². The summed E-state index contributed by atoms with van der Waals surface area (Å²) in [4.78, 5) is 11.1. The molecule has 5 nitrogen and oxygen atoms in total. The Labute approximate surface area is 108 Å². The van der Waals surface area contributed by atoms with Crippen LogP contribution >= 0.6 is 0 Å². The molecule has 1 aromatic rings.